The summed E-state index contributed by atoms with van der Waals surface area (Å²) in [5.74, 6) is 0. The lowest BCUT2D eigenvalue weighted by Crippen LogP contribution is -2.53. The molecule has 2 heterocycles. The third-order valence-electron chi connectivity index (χ3n) is 4.03. The second kappa shape index (κ2) is 5.92. The Bertz CT molecular complexity index is 765. The van der Waals surface area contributed by atoms with Crippen molar-refractivity contribution in [3.63, 3.8) is 0 Å². The average Bonchev–Trinajstić information content (AvgIpc) is 2.53. The third kappa shape index (κ3) is 3.12. The molecule has 0 radical (unpaired) electrons. The summed E-state index contributed by atoms with van der Waals surface area (Å²) < 4.78 is 33.1. The largest absolute Gasteiger partial charge is 0.381 e. The number of benzene rings is 1. The minimum atomic E-state index is -3.62. The van der Waals surface area contributed by atoms with E-state index in [9.17, 15) is 8.42 Å². The van der Waals surface area contributed by atoms with Gasteiger partial charge in [-0.3, -0.25) is 4.98 Å². The molecular formula is C15H19N3O3S. The zero-order valence-electron chi connectivity index (χ0n) is 12.2. The highest BCUT2D eigenvalue weighted by Crippen LogP contribution is 2.23. The number of aromatic nitrogens is 1. The molecular weight excluding hydrogens is 302 g/mol. The van der Waals surface area contributed by atoms with Crippen molar-refractivity contribution in [1.29, 1.82) is 0 Å². The molecule has 0 aliphatic carbocycles. The van der Waals surface area contributed by atoms with Crippen LogP contribution in [0.3, 0.4) is 0 Å². The van der Waals surface area contributed by atoms with Crippen LogP contribution in [-0.2, 0) is 14.8 Å². The first kappa shape index (κ1) is 15.4. The topological polar surface area (TPSA) is 94.3 Å². The maximum atomic E-state index is 12.6. The Hall–Kier alpha value is -1.54. The van der Waals surface area contributed by atoms with Gasteiger partial charge < -0.3 is 10.5 Å². The van der Waals surface area contributed by atoms with Gasteiger partial charge in [-0.25, -0.2) is 13.1 Å². The second-order valence-electron chi connectivity index (χ2n) is 5.65. The van der Waals surface area contributed by atoms with E-state index in [1.54, 1.807) is 30.6 Å². The monoisotopic (exact) mass is 321 g/mol. The van der Waals surface area contributed by atoms with Crippen LogP contribution in [0.2, 0.25) is 0 Å². The molecule has 1 saturated heterocycles. The first-order valence-corrected chi connectivity index (χ1v) is 8.68. The van der Waals surface area contributed by atoms with Crippen molar-refractivity contribution in [2.75, 3.05) is 19.8 Å². The van der Waals surface area contributed by atoms with Gasteiger partial charge in [-0.2, -0.15) is 0 Å². The van der Waals surface area contributed by atoms with Gasteiger partial charge in [0, 0.05) is 48.5 Å². The number of pyridine rings is 1. The van der Waals surface area contributed by atoms with Crippen LogP contribution in [0.1, 0.15) is 12.8 Å². The molecule has 0 unspecified atom stereocenters. The van der Waals surface area contributed by atoms with E-state index in [1.807, 2.05) is 6.07 Å². The number of sulfonamides is 1. The Labute approximate surface area is 129 Å². The molecule has 0 bridgehead atoms. The molecule has 0 atom stereocenters. The minimum Gasteiger partial charge on any atom is -0.381 e. The molecule has 2 aromatic rings. The van der Waals surface area contributed by atoms with Crippen LogP contribution < -0.4 is 10.5 Å². The number of hydrogen-bond acceptors (Lipinski definition) is 5. The fraction of sp³-hybridized carbons (Fsp3) is 0.400. The molecule has 118 valence electrons. The van der Waals surface area contributed by atoms with Crippen LogP contribution in [0.15, 0.2) is 41.6 Å². The van der Waals surface area contributed by atoms with Crippen molar-refractivity contribution < 1.29 is 13.2 Å². The van der Waals surface area contributed by atoms with Gasteiger partial charge in [-0.1, -0.05) is 12.1 Å². The van der Waals surface area contributed by atoms with Crippen molar-refractivity contribution >= 4 is 20.8 Å². The van der Waals surface area contributed by atoms with Crippen LogP contribution in [0.25, 0.3) is 10.8 Å². The molecule has 1 aliphatic rings. The number of nitrogens with two attached hydrogens (primary N) is 1. The lowest BCUT2D eigenvalue weighted by atomic mass is 9.92. The molecule has 1 aromatic carbocycles. The Balaban J connectivity index is 1.86. The maximum absolute atomic E-state index is 12.6. The summed E-state index contributed by atoms with van der Waals surface area (Å²) in [6, 6.07) is 6.85. The van der Waals surface area contributed by atoms with Gasteiger partial charge in [0.25, 0.3) is 0 Å². The molecule has 0 amide bonds. The molecule has 1 aliphatic heterocycles. The Morgan fingerprint density at radius 2 is 2.05 bits per heavy atom. The summed E-state index contributed by atoms with van der Waals surface area (Å²) in [7, 11) is -3.62. The van der Waals surface area contributed by atoms with E-state index >= 15 is 0 Å². The van der Waals surface area contributed by atoms with Crippen molar-refractivity contribution in [2.24, 2.45) is 5.73 Å². The van der Waals surface area contributed by atoms with Gasteiger partial charge in [0.1, 0.15) is 0 Å². The normalized spacial score (nSPS) is 18.4. The molecule has 7 heteroatoms. The number of nitrogens with zero attached hydrogens (tertiary/aromatic N) is 1. The predicted octanol–water partition coefficient (Wildman–Crippen LogP) is 1.02. The van der Waals surface area contributed by atoms with Crippen LogP contribution >= 0.6 is 0 Å². The van der Waals surface area contributed by atoms with Gasteiger partial charge in [-0.05, 0) is 25.0 Å². The summed E-state index contributed by atoms with van der Waals surface area (Å²) in [5, 5.41) is 1.45. The van der Waals surface area contributed by atoms with Gasteiger partial charge in [0.05, 0.1) is 4.90 Å². The molecule has 6 nitrogen and oxygen atoms in total. The fourth-order valence-electron chi connectivity index (χ4n) is 2.60. The third-order valence-corrected chi connectivity index (χ3v) is 5.49. The van der Waals surface area contributed by atoms with Crippen molar-refractivity contribution in [3.05, 3.63) is 36.7 Å². The summed E-state index contributed by atoms with van der Waals surface area (Å²) in [4.78, 5) is 4.27. The Kier molecular flexibility index (Phi) is 4.14. The standard InChI is InChI=1S/C15H19N3O3S/c16-15(5-8-21-9-6-15)11-18-22(19,20)14-3-1-2-12-10-17-7-4-13(12)14/h1-4,7,10,18H,5-6,8-9,11,16H2. The lowest BCUT2D eigenvalue weighted by Gasteiger charge is -2.33. The first-order valence-electron chi connectivity index (χ1n) is 7.19. The van der Waals surface area contributed by atoms with Gasteiger partial charge in [0.2, 0.25) is 10.0 Å². The molecule has 1 aromatic heterocycles. The van der Waals surface area contributed by atoms with Crippen molar-refractivity contribution in [3.8, 4) is 0 Å². The fourth-order valence-corrected chi connectivity index (χ4v) is 3.96. The van der Waals surface area contributed by atoms with Gasteiger partial charge in [-0.15, -0.1) is 0 Å². The number of nitrogens with one attached hydrogen (secondary N) is 1. The minimum absolute atomic E-state index is 0.208. The zero-order valence-corrected chi connectivity index (χ0v) is 13.0. The van der Waals surface area contributed by atoms with Gasteiger partial charge >= 0.3 is 0 Å². The zero-order chi connectivity index (χ0) is 15.6. The van der Waals surface area contributed by atoms with Crippen LogP contribution in [0, 0.1) is 0 Å². The summed E-state index contributed by atoms with van der Waals surface area (Å²) in [6.07, 6.45) is 4.53. The summed E-state index contributed by atoms with van der Waals surface area (Å²) in [5.41, 5.74) is 5.70. The molecule has 22 heavy (non-hydrogen) atoms. The van der Waals surface area contributed by atoms with E-state index in [0.29, 0.717) is 31.4 Å². The number of ether oxygens (including phenoxy) is 1. The smallest absolute Gasteiger partial charge is 0.241 e. The average molecular weight is 321 g/mol. The van der Waals surface area contributed by atoms with Crippen LogP contribution in [0.5, 0.6) is 0 Å². The van der Waals surface area contributed by atoms with Crippen LogP contribution in [0.4, 0.5) is 0 Å². The summed E-state index contributed by atoms with van der Waals surface area (Å²) in [6.45, 7) is 1.34. The number of hydrogen-bond donors (Lipinski definition) is 2. The SMILES string of the molecule is NC1(CNS(=O)(=O)c2cccc3cnccc23)CCOCC1. The van der Waals surface area contributed by atoms with E-state index < -0.39 is 15.6 Å². The lowest BCUT2D eigenvalue weighted by molar-refractivity contribution is 0.0549. The van der Waals surface area contributed by atoms with Gasteiger partial charge in [0.15, 0.2) is 0 Å². The van der Waals surface area contributed by atoms with E-state index in [0.717, 1.165) is 5.39 Å². The predicted molar refractivity (Wildman–Crippen MR) is 83.9 cm³/mol. The Morgan fingerprint density at radius 1 is 1.27 bits per heavy atom. The van der Waals surface area contributed by atoms with Crippen molar-refractivity contribution in [1.82, 2.24) is 9.71 Å². The van der Waals surface area contributed by atoms with E-state index in [2.05, 4.69) is 9.71 Å². The van der Waals surface area contributed by atoms with E-state index in [4.69, 9.17) is 10.5 Å². The highest BCUT2D eigenvalue weighted by atomic mass is 32.2. The first-order chi connectivity index (χ1) is 10.5. The van der Waals surface area contributed by atoms with Crippen LogP contribution in [-0.4, -0.2) is 38.7 Å². The molecule has 0 spiro atoms. The van der Waals surface area contributed by atoms with Crippen molar-refractivity contribution in [2.45, 2.75) is 23.3 Å². The van der Waals surface area contributed by atoms with E-state index in [1.165, 1.54) is 0 Å². The number of rotatable bonds is 4. The second-order valence-corrected chi connectivity index (χ2v) is 7.39. The molecule has 3 N–H and O–H groups in total. The highest BCUT2D eigenvalue weighted by molar-refractivity contribution is 7.89. The molecule has 1 fully saturated rings. The Morgan fingerprint density at radius 3 is 2.82 bits per heavy atom. The maximum Gasteiger partial charge on any atom is 0.241 e. The molecule has 0 saturated carbocycles. The number of fused-ring (bicyclic) bond motifs is 1. The van der Waals surface area contributed by atoms with E-state index in [-0.39, 0.29) is 11.4 Å². The highest BCUT2D eigenvalue weighted by Gasteiger charge is 2.30. The quantitative estimate of drug-likeness (QED) is 0.877. The molecule has 3 rings (SSSR count). The summed E-state index contributed by atoms with van der Waals surface area (Å²) >= 11 is 0.